The number of carboxylic acids is 1. The first-order chi connectivity index (χ1) is 13.6. The molecule has 0 unspecified atom stereocenters. The number of carboxylic acid groups (broad SMARTS) is 1. The maximum Gasteiger partial charge on any atom is 0.303 e. The van der Waals surface area contributed by atoms with Crippen LogP contribution in [0.15, 0.2) is 0 Å². The lowest BCUT2D eigenvalue weighted by Crippen LogP contribution is -2.30. The molecule has 0 spiro atoms. The van der Waals surface area contributed by atoms with Gasteiger partial charge in [-0.15, -0.1) is 0 Å². The molecule has 0 bridgehead atoms. The molecule has 5 nitrogen and oxygen atoms in total. The van der Waals surface area contributed by atoms with Gasteiger partial charge >= 0.3 is 5.97 Å². The van der Waals surface area contributed by atoms with E-state index in [1.54, 1.807) is 0 Å². The minimum Gasteiger partial charge on any atom is -0.481 e. The molecule has 0 aliphatic carbocycles. The van der Waals surface area contributed by atoms with Crippen LogP contribution in [0.3, 0.4) is 0 Å². The van der Waals surface area contributed by atoms with Gasteiger partial charge in [0.05, 0.1) is 11.4 Å². The van der Waals surface area contributed by atoms with Gasteiger partial charge in [0.15, 0.2) is 0 Å². The molecule has 2 N–H and O–H groups in total. The Bertz CT molecular complexity index is 763. The minimum absolute atomic E-state index is 0.00586. The molecule has 0 radical (unpaired) electrons. The van der Waals surface area contributed by atoms with Crippen LogP contribution in [0.1, 0.15) is 82.1 Å². The van der Waals surface area contributed by atoms with E-state index in [4.69, 9.17) is 0 Å². The molecule has 0 fully saturated rings. The van der Waals surface area contributed by atoms with Crippen molar-refractivity contribution in [1.82, 2.24) is 0 Å². The predicted molar refractivity (Wildman–Crippen MR) is 120 cm³/mol. The molecule has 1 aliphatic heterocycles. The summed E-state index contributed by atoms with van der Waals surface area (Å²) in [5, 5.41) is 12.4. The quantitative estimate of drug-likeness (QED) is 0.554. The molecule has 29 heavy (non-hydrogen) atoms. The molecule has 0 atom stereocenters. The average molecular weight is 403 g/mol. The SMILES string of the molecule is CCCCCCN1CCc2c(C)c(CCC(=O)O)c(C)c(NC(=O)C(C)(C)C)c21. The van der Waals surface area contributed by atoms with E-state index in [9.17, 15) is 14.7 Å². The van der Waals surface area contributed by atoms with Gasteiger partial charge in [-0.05, 0) is 55.4 Å². The second kappa shape index (κ2) is 9.64. The Morgan fingerprint density at radius 2 is 1.79 bits per heavy atom. The standard InChI is InChI=1S/C24H38N2O3/c1-7-8-9-10-14-26-15-13-19-16(2)18(11-12-20(27)28)17(3)21(22(19)26)25-23(29)24(4,5)6/h7-15H2,1-6H3,(H,25,29)(H,27,28). The van der Waals surface area contributed by atoms with Gasteiger partial charge in [-0.2, -0.15) is 0 Å². The molecule has 162 valence electrons. The van der Waals surface area contributed by atoms with Gasteiger partial charge in [-0.1, -0.05) is 47.0 Å². The van der Waals surface area contributed by atoms with E-state index >= 15 is 0 Å². The summed E-state index contributed by atoms with van der Waals surface area (Å²) in [6.45, 7) is 14.1. The highest BCUT2D eigenvalue weighted by molar-refractivity contribution is 6.00. The number of carbonyl (C=O) groups is 2. The van der Waals surface area contributed by atoms with Crippen molar-refractivity contribution in [3.63, 3.8) is 0 Å². The van der Waals surface area contributed by atoms with Crippen LogP contribution in [-0.2, 0) is 22.4 Å². The monoisotopic (exact) mass is 402 g/mol. The molecule has 1 amide bonds. The smallest absolute Gasteiger partial charge is 0.303 e. The fraction of sp³-hybridized carbons (Fsp3) is 0.667. The Morgan fingerprint density at radius 3 is 2.38 bits per heavy atom. The Kier molecular flexibility index (Phi) is 7.73. The third-order valence-corrected chi connectivity index (χ3v) is 5.99. The summed E-state index contributed by atoms with van der Waals surface area (Å²) in [4.78, 5) is 26.4. The van der Waals surface area contributed by atoms with Crippen LogP contribution in [0.4, 0.5) is 11.4 Å². The molecule has 1 heterocycles. The number of hydrogen-bond acceptors (Lipinski definition) is 3. The Hall–Kier alpha value is -2.04. The van der Waals surface area contributed by atoms with Crippen LogP contribution in [-0.4, -0.2) is 30.1 Å². The Morgan fingerprint density at radius 1 is 1.10 bits per heavy atom. The summed E-state index contributed by atoms with van der Waals surface area (Å²) >= 11 is 0. The number of anilines is 2. The van der Waals surface area contributed by atoms with Crippen LogP contribution in [0, 0.1) is 19.3 Å². The summed E-state index contributed by atoms with van der Waals surface area (Å²) in [5.74, 6) is -0.796. The maximum absolute atomic E-state index is 12.8. The highest BCUT2D eigenvalue weighted by Gasteiger charge is 2.31. The number of amides is 1. The van der Waals surface area contributed by atoms with Crippen LogP contribution in [0.5, 0.6) is 0 Å². The number of hydrogen-bond donors (Lipinski definition) is 2. The number of rotatable bonds is 9. The lowest BCUT2D eigenvalue weighted by atomic mass is 9.90. The summed E-state index contributed by atoms with van der Waals surface area (Å²) in [7, 11) is 0. The number of aliphatic carboxylic acids is 1. The molecule has 1 aromatic carbocycles. The van der Waals surface area contributed by atoms with Crippen molar-refractivity contribution < 1.29 is 14.7 Å². The van der Waals surface area contributed by atoms with Crippen molar-refractivity contribution in [2.75, 3.05) is 23.3 Å². The van der Waals surface area contributed by atoms with Gasteiger partial charge in [-0.3, -0.25) is 9.59 Å². The van der Waals surface area contributed by atoms with Crippen molar-refractivity contribution in [3.05, 3.63) is 22.3 Å². The van der Waals surface area contributed by atoms with Crippen LogP contribution < -0.4 is 10.2 Å². The summed E-state index contributed by atoms with van der Waals surface area (Å²) in [6, 6.07) is 0. The number of unbranched alkanes of at least 4 members (excludes halogenated alkanes) is 3. The summed E-state index contributed by atoms with van der Waals surface area (Å²) in [5.41, 5.74) is 6.12. The Balaban J connectivity index is 2.46. The number of nitrogens with zero attached hydrogens (tertiary/aromatic N) is 1. The molecule has 2 rings (SSSR count). The van der Waals surface area contributed by atoms with E-state index in [1.807, 2.05) is 27.7 Å². The largest absolute Gasteiger partial charge is 0.481 e. The molecular formula is C24H38N2O3. The lowest BCUT2D eigenvalue weighted by Gasteiger charge is -2.28. The molecule has 1 aliphatic rings. The van der Waals surface area contributed by atoms with E-state index in [0.29, 0.717) is 6.42 Å². The van der Waals surface area contributed by atoms with Gasteiger partial charge in [0.25, 0.3) is 0 Å². The molecule has 0 saturated heterocycles. The Labute approximate surface area is 175 Å². The van der Waals surface area contributed by atoms with Crippen LogP contribution in [0.25, 0.3) is 0 Å². The third-order valence-electron chi connectivity index (χ3n) is 5.99. The topological polar surface area (TPSA) is 69.6 Å². The van der Waals surface area contributed by atoms with Crippen molar-refractivity contribution in [3.8, 4) is 0 Å². The molecule has 0 saturated carbocycles. The highest BCUT2D eigenvalue weighted by atomic mass is 16.4. The van der Waals surface area contributed by atoms with Gasteiger partial charge in [0, 0.05) is 24.9 Å². The van der Waals surface area contributed by atoms with E-state index in [2.05, 4.69) is 24.1 Å². The second-order valence-electron chi connectivity index (χ2n) is 9.33. The maximum atomic E-state index is 12.8. The first-order valence-electron chi connectivity index (χ1n) is 11.0. The highest BCUT2D eigenvalue weighted by Crippen LogP contribution is 2.43. The molecular weight excluding hydrogens is 364 g/mol. The normalized spacial score (nSPS) is 13.5. The van der Waals surface area contributed by atoms with E-state index in [1.165, 1.54) is 30.4 Å². The van der Waals surface area contributed by atoms with Crippen LogP contribution >= 0.6 is 0 Å². The van der Waals surface area contributed by atoms with Gasteiger partial charge < -0.3 is 15.3 Å². The van der Waals surface area contributed by atoms with Crippen molar-refractivity contribution >= 4 is 23.3 Å². The number of carbonyl (C=O) groups excluding carboxylic acids is 1. The van der Waals surface area contributed by atoms with Crippen molar-refractivity contribution in [2.45, 2.75) is 86.5 Å². The fourth-order valence-corrected chi connectivity index (χ4v) is 4.15. The zero-order chi connectivity index (χ0) is 21.8. The first-order valence-corrected chi connectivity index (χ1v) is 11.0. The molecule has 0 aromatic heterocycles. The lowest BCUT2D eigenvalue weighted by molar-refractivity contribution is -0.137. The molecule has 5 heteroatoms. The second-order valence-corrected chi connectivity index (χ2v) is 9.33. The zero-order valence-electron chi connectivity index (χ0n) is 19.1. The van der Waals surface area contributed by atoms with Gasteiger partial charge in [0.2, 0.25) is 5.91 Å². The van der Waals surface area contributed by atoms with E-state index in [-0.39, 0.29) is 12.3 Å². The fourth-order valence-electron chi connectivity index (χ4n) is 4.15. The summed E-state index contributed by atoms with van der Waals surface area (Å²) < 4.78 is 0. The third kappa shape index (κ3) is 5.52. The van der Waals surface area contributed by atoms with E-state index < -0.39 is 11.4 Å². The minimum atomic E-state index is -0.790. The van der Waals surface area contributed by atoms with Crippen molar-refractivity contribution in [1.29, 1.82) is 0 Å². The number of benzene rings is 1. The number of nitrogens with one attached hydrogen (secondary N) is 1. The van der Waals surface area contributed by atoms with E-state index in [0.717, 1.165) is 48.4 Å². The molecule has 1 aromatic rings. The first kappa shape index (κ1) is 23.2. The average Bonchev–Trinajstić information content (AvgIpc) is 3.05. The number of fused-ring (bicyclic) bond motifs is 1. The van der Waals surface area contributed by atoms with Crippen molar-refractivity contribution in [2.24, 2.45) is 5.41 Å². The zero-order valence-corrected chi connectivity index (χ0v) is 19.1. The predicted octanol–water partition coefficient (Wildman–Crippen LogP) is 5.25. The van der Waals surface area contributed by atoms with Crippen LogP contribution in [0.2, 0.25) is 0 Å². The summed E-state index contributed by atoms with van der Waals surface area (Å²) in [6.07, 6.45) is 6.39. The van der Waals surface area contributed by atoms with Gasteiger partial charge in [-0.25, -0.2) is 0 Å². The van der Waals surface area contributed by atoms with Gasteiger partial charge in [0.1, 0.15) is 0 Å².